The number of hydrogen-bond acceptors (Lipinski definition) is 6. The van der Waals surface area contributed by atoms with Crippen molar-refractivity contribution in [3.8, 4) is 11.4 Å². The van der Waals surface area contributed by atoms with E-state index in [1.165, 1.54) is 0 Å². The predicted molar refractivity (Wildman–Crippen MR) is 112 cm³/mol. The summed E-state index contributed by atoms with van der Waals surface area (Å²) in [6.07, 6.45) is 1.76. The van der Waals surface area contributed by atoms with Crippen LogP contribution in [0.25, 0.3) is 11.4 Å². The molecule has 29 heavy (non-hydrogen) atoms. The summed E-state index contributed by atoms with van der Waals surface area (Å²) in [5.41, 5.74) is 2.19. The molecule has 7 heteroatoms. The van der Waals surface area contributed by atoms with Crippen molar-refractivity contribution in [3.05, 3.63) is 72.2 Å². The summed E-state index contributed by atoms with van der Waals surface area (Å²) >= 11 is 0. The van der Waals surface area contributed by atoms with Gasteiger partial charge in [0.2, 0.25) is 0 Å². The Morgan fingerprint density at radius 3 is 2.48 bits per heavy atom. The molecule has 1 aromatic carbocycles. The molecule has 2 aromatic heterocycles. The maximum absolute atomic E-state index is 13.1. The molecule has 1 aliphatic heterocycles. The molecule has 3 aromatic rings. The number of benzene rings is 1. The van der Waals surface area contributed by atoms with Crippen molar-refractivity contribution in [1.29, 1.82) is 0 Å². The Morgan fingerprint density at radius 2 is 1.76 bits per heavy atom. The summed E-state index contributed by atoms with van der Waals surface area (Å²) < 4.78 is 0. The molecule has 0 atom stereocenters. The largest absolute Gasteiger partial charge is 0.364 e. The first-order chi connectivity index (χ1) is 14.2. The quantitative estimate of drug-likeness (QED) is 0.724. The summed E-state index contributed by atoms with van der Waals surface area (Å²) in [7, 11) is 2.07. The minimum absolute atomic E-state index is 0.0569. The Kier molecular flexibility index (Phi) is 5.76. The van der Waals surface area contributed by atoms with Crippen LogP contribution >= 0.6 is 0 Å². The number of anilines is 1. The van der Waals surface area contributed by atoms with E-state index in [1.54, 1.807) is 12.3 Å². The topological polar surface area (TPSA) is 74.2 Å². The van der Waals surface area contributed by atoms with Crippen LogP contribution in [0.2, 0.25) is 0 Å². The van der Waals surface area contributed by atoms with Crippen molar-refractivity contribution in [2.24, 2.45) is 0 Å². The molecule has 1 N–H and O–H groups in total. The van der Waals surface area contributed by atoms with E-state index in [-0.39, 0.29) is 5.91 Å². The number of likely N-dealkylation sites (N-methyl/N-ethyl adjacent to an activating group) is 1. The van der Waals surface area contributed by atoms with E-state index in [4.69, 9.17) is 0 Å². The van der Waals surface area contributed by atoms with Crippen molar-refractivity contribution in [2.45, 2.75) is 6.54 Å². The molecule has 0 spiro atoms. The summed E-state index contributed by atoms with van der Waals surface area (Å²) in [6, 6.07) is 17.2. The summed E-state index contributed by atoms with van der Waals surface area (Å²) in [6.45, 7) is 3.67. The Bertz CT molecular complexity index is 956. The number of nitrogens with zero attached hydrogens (tertiary/aromatic N) is 5. The molecule has 0 radical (unpaired) electrons. The van der Waals surface area contributed by atoms with Crippen LogP contribution in [0.5, 0.6) is 0 Å². The number of amides is 1. The second-order valence-electron chi connectivity index (χ2n) is 7.10. The summed E-state index contributed by atoms with van der Waals surface area (Å²) in [5, 5.41) is 3.28. The zero-order valence-corrected chi connectivity index (χ0v) is 16.5. The second-order valence-corrected chi connectivity index (χ2v) is 7.10. The maximum atomic E-state index is 13.1. The van der Waals surface area contributed by atoms with Gasteiger partial charge in [0, 0.05) is 44.0 Å². The molecule has 1 saturated heterocycles. The fraction of sp³-hybridized carbons (Fsp3) is 0.273. The van der Waals surface area contributed by atoms with Crippen LogP contribution in [0.3, 0.4) is 0 Å². The fourth-order valence-electron chi connectivity index (χ4n) is 3.22. The van der Waals surface area contributed by atoms with Crippen molar-refractivity contribution in [1.82, 2.24) is 24.8 Å². The highest BCUT2D eigenvalue weighted by atomic mass is 16.2. The minimum atomic E-state index is -0.0569. The molecule has 3 heterocycles. The van der Waals surface area contributed by atoms with Crippen LogP contribution in [0.15, 0.2) is 60.8 Å². The first-order valence-electron chi connectivity index (χ1n) is 9.75. The van der Waals surface area contributed by atoms with Gasteiger partial charge in [-0.1, -0.05) is 36.4 Å². The van der Waals surface area contributed by atoms with Crippen LogP contribution in [0.1, 0.15) is 16.2 Å². The molecule has 148 valence electrons. The Morgan fingerprint density at radius 1 is 1.00 bits per heavy atom. The van der Waals surface area contributed by atoms with Crippen molar-refractivity contribution >= 4 is 11.7 Å². The van der Waals surface area contributed by atoms with Crippen LogP contribution in [0.4, 0.5) is 5.82 Å². The van der Waals surface area contributed by atoms with Crippen molar-refractivity contribution < 1.29 is 4.79 Å². The van der Waals surface area contributed by atoms with E-state index >= 15 is 0 Å². The number of aromatic nitrogens is 3. The van der Waals surface area contributed by atoms with Crippen molar-refractivity contribution in [3.63, 3.8) is 0 Å². The van der Waals surface area contributed by atoms with E-state index in [1.807, 2.05) is 53.4 Å². The highest BCUT2D eigenvalue weighted by Gasteiger charge is 2.22. The molecular formula is C22H24N6O. The molecule has 7 nitrogen and oxygen atoms in total. The van der Waals surface area contributed by atoms with Crippen LogP contribution in [-0.2, 0) is 6.54 Å². The number of carbonyl (C=O) groups excluding carboxylic acids is 1. The van der Waals surface area contributed by atoms with Crippen LogP contribution in [-0.4, -0.2) is 63.9 Å². The zero-order chi connectivity index (χ0) is 20.1. The summed E-state index contributed by atoms with van der Waals surface area (Å²) in [5.74, 6) is 1.09. The number of rotatable bonds is 5. The predicted octanol–water partition coefficient (Wildman–Crippen LogP) is 2.54. The zero-order valence-electron chi connectivity index (χ0n) is 16.5. The third-order valence-corrected chi connectivity index (χ3v) is 4.94. The molecule has 0 aliphatic carbocycles. The van der Waals surface area contributed by atoms with Crippen LogP contribution in [0, 0.1) is 0 Å². The van der Waals surface area contributed by atoms with E-state index in [9.17, 15) is 4.79 Å². The second kappa shape index (κ2) is 8.79. The number of pyridine rings is 1. The monoisotopic (exact) mass is 388 g/mol. The van der Waals surface area contributed by atoms with E-state index in [0.717, 1.165) is 24.3 Å². The standard InChI is InChI=1S/C22H24N6O/c1-27-11-13-28(14-12-27)22(29)19-15-20(24-16-18-9-5-6-10-23-18)26-21(25-19)17-7-3-2-4-8-17/h2-10,15H,11-14,16H2,1H3,(H,24,25,26). The van der Waals surface area contributed by atoms with Gasteiger partial charge in [-0.05, 0) is 19.2 Å². The van der Waals surface area contributed by atoms with E-state index < -0.39 is 0 Å². The molecule has 1 amide bonds. The molecule has 0 saturated carbocycles. The Labute approximate surface area is 170 Å². The van der Waals surface area contributed by atoms with E-state index in [0.29, 0.717) is 37.0 Å². The van der Waals surface area contributed by atoms with Gasteiger partial charge in [0.15, 0.2) is 5.82 Å². The average Bonchev–Trinajstić information content (AvgIpc) is 2.79. The van der Waals surface area contributed by atoms with Gasteiger partial charge in [-0.25, -0.2) is 9.97 Å². The molecular weight excluding hydrogens is 364 g/mol. The lowest BCUT2D eigenvalue weighted by atomic mass is 10.2. The average molecular weight is 388 g/mol. The third kappa shape index (κ3) is 4.75. The molecule has 0 bridgehead atoms. The Balaban J connectivity index is 1.62. The minimum Gasteiger partial charge on any atom is -0.364 e. The molecule has 0 unspecified atom stereocenters. The first kappa shape index (κ1) is 19.0. The molecule has 1 fully saturated rings. The highest BCUT2D eigenvalue weighted by molar-refractivity contribution is 5.93. The van der Waals surface area contributed by atoms with Gasteiger partial charge < -0.3 is 15.1 Å². The van der Waals surface area contributed by atoms with Gasteiger partial charge in [0.05, 0.1) is 12.2 Å². The lowest BCUT2D eigenvalue weighted by Gasteiger charge is -2.32. The lowest BCUT2D eigenvalue weighted by Crippen LogP contribution is -2.47. The normalized spacial score (nSPS) is 14.6. The number of piperazine rings is 1. The van der Waals surface area contributed by atoms with Gasteiger partial charge >= 0.3 is 0 Å². The van der Waals surface area contributed by atoms with Gasteiger partial charge in [-0.3, -0.25) is 9.78 Å². The number of hydrogen-bond donors (Lipinski definition) is 1. The van der Waals surface area contributed by atoms with Crippen molar-refractivity contribution in [2.75, 3.05) is 38.5 Å². The Hall–Kier alpha value is -3.32. The molecule has 1 aliphatic rings. The third-order valence-electron chi connectivity index (χ3n) is 4.94. The SMILES string of the molecule is CN1CCN(C(=O)c2cc(NCc3ccccn3)nc(-c3ccccc3)n2)CC1. The van der Waals surface area contributed by atoms with Gasteiger partial charge in [-0.15, -0.1) is 0 Å². The van der Waals surface area contributed by atoms with Crippen LogP contribution < -0.4 is 5.32 Å². The van der Waals surface area contributed by atoms with Gasteiger partial charge in [-0.2, -0.15) is 0 Å². The van der Waals surface area contributed by atoms with E-state index in [2.05, 4.69) is 32.2 Å². The maximum Gasteiger partial charge on any atom is 0.272 e. The number of nitrogens with one attached hydrogen (secondary N) is 1. The smallest absolute Gasteiger partial charge is 0.272 e. The molecule has 4 rings (SSSR count). The van der Waals surface area contributed by atoms with Gasteiger partial charge in [0.25, 0.3) is 5.91 Å². The highest BCUT2D eigenvalue weighted by Crippen LogP contribution is 2.19. The number of carbonyl (C=O) groups is 1. The lowest BCUT2D eigenvalue weighted by molar-refractivity contribution is 0.0658. The fourth-order valence-corrected chi connectivity index (χ4v) is 3.22. The summed E-state index contributed by atoms with van der Waals surface area (Å²) in [4.78, 5) is 30.7. The van der Waals surface area contributed by atoms with Gasteiger partial charge in [0.1, 0.15) is 11.5 Å². The first-order valence-corrected chi connectivity index (χ1v) is 9.75.